The highest BCUT2D eigenvalue weighted by Gasteiger charge is 2.57. The van der Waals surface area contributed by atoms with Crippen LogP contribution in [0, 0.1) is 34.5 Å². The van der Waals surface area contributed by atoms with Crippen molar-refractivity contribution in [2.45, 2.75) is 84.6 Å². The Bertz CT molecular complexity index is 736. The van der Waals surface area contributed by atoms with Crippen molar-refractivity contribution in [2.75, 3.05) is 6.54 Å². The lowest BCUT2D eigenvalue weighted by atomic mass is 9.47. The van der Waals surface area contributed by atoms with E-state index in [1.807, 2.05) is 5.57 Å². The van der Waals surface area contributed by atoms with E-state index in [1.54, 1.807) is 0 Å². The highest BCUT2D eigenvalue weighted by Crippen LogP contribution is 2.66. The fourth-order valence-corrected chi connectivity index (χ4v) is 8.39. The maximum absolute atomic E-state index is 3.73. The normalized spacial score (nSPS) is 41.2. The Morgan fingerprint density at radius 2 is 1.83 bits per heavy atom. The fourth-order valence-electron chi connectivity index (χ4n) is 8.39. The monoisotopic (exact) mass is 391 g/mol. The molecule has 0 spiro atoms. The molecule has 0 unspecified atom stereocenters. The average molecular weight is 392 g/mol. The molecule has 0 aliphatic heterocycles. The van der Waals surface area contributed by atoms with E-state index in [0.717, 1.165) is 30.2 Å². The molecule has 0 aromatic heterocycles. The van der Waals surface area contributed by atoms with E-state index in [-0.39, 0.29) is 0 Å². The topological polar surface area (TPSA) is 12.0 Å². The van der Waals surface area contributed by atoms with Gasteiger partial charge in [-0.1, -0.05) is 62.2 Å². The number of hydrogen-bond donors (Lipinski definition) is 1. The highest BCUT2D eigenvalue weighted by atomic mass is 14.8. The summed E-state index contributed by atoms with van der Waals surface area (Å²) in [7, 11) is 0. The largest absolute Gasteiger partial charge is 0.313 e. The molecular weight excluding hydrogens is 350 g/mol. The Hall–Kier alpha value is -1.08. The molecule has 4 aliphatic rings. The van der Waals surface area contributed by atoms with Gasteiger partial charge in [0.2, 0.25) is 0 Å². The van der Waals surface area contributed by atoms with Crippen LogP contribution in [0.15, 0.2) is 42.0 Å². The third-order valence-electron chi connectivity index (χ3n) is 10.1. The van der Waals surface area contributed by atoms with Crippen molar-refractivity contribution in [3.63, 3.8) is 0 Å². The van der Waals surface area contributed by atoms with Crippen LogP contribution in [0.1, 0.15) is 83.6 Å². The molecule has 29 heavy (non-hydrogen) atoms. The van der Waals surface area contributed by atoms with Gasteiger partial charge in [0.15, 0.2) is 0 Å². The van der Waals surface area contributed by atoms with E-state index in [4.69, 9.17) is 0 Å². The predicted molar refractivity (Wildman–Crippen MR) is 123 cm³/mol. The van der Waals surface area contributed by atoms with Crippen LogP contribution in [0.4, 0.5) is 0 Å². The zero-order valence-corrected chi connectivity index (χ0v) is 18.8. The van der Waals surface area contributed by atoms with Crippen molar-refractivity contribution in [1.29, 1.82) is 0 Å². The summed E-state index contributed by atoms with van der Waals surface area (Å²) in [4.78, 5) is 0. The second-order valence-electron chi connectivity index (χ2n) is 11.2. The van der Waals surface area contributed by atoms with Gasteiger partial charge in [0, 0.05) is 6.54 Å². The summed E-state index contributed by atoms with van der Waals surface area (Å²) in [6.07, 6.45) is 17.2. The molecule has 1 aromatic carbocycles. The van der Waals surface area contributed by atoms with Gasteiger partial charge in [-0.3, -0.25) is 0 Å². The molecule has 4 aliphatic carbocycles. The van der Waals surface area contributed by atoms with Crippen LogP contribution in [0.25, 0.3) is 0 Å². The summed E-state index contributed by atoms with van der Waals surface area (Å²) in [5, 5.41) is 3.73. The van der Waals surface area contributed by atoms with Crippen LogP contribution < -0.4 is 5.32 Å². The molecule has 1 nitrogen and oxygen atoms in total. The summed E-state index contributed by atoms with van der Waals surface area (Å²) in [6, 6.07) is 10.9. The van der Waals surface area contributed by atoms with Gasteiger partial charge >= 0.3 is 0 Å². The first-order valence-corrected chi connectivity index (χ1v) is 12.6. The molecular formula is C28H41N. The Morgan fingerprint density at radius 3 is 2.69 bits per heavy atom. The van der Waals surface area contributed by atoms with Crippen molar-refractivity contribution >= 4 is 0 Å². The predicted octanol–water partition coefficient (Wildman–Crippen LogP) is 7.14. The molecule has 0 bridgehead atoms. The van der Waals surface area contributed by atoms with Crippen LogP contribution in [0.2, 0.25) is 0 Å². The lowest BCUT2D eigenvalue weighted by molar-refractivity contribution is -0.0421. The Morgan fingerprint density at radius 1 is 0.966 bits per heavy atom. The van der Waals surface area contributed by atoms with Gasteiger partial charge in [-0.25, -0.2) is 0 Å². The van der Waals surface area contributed by atoms with E-state index in [9.17, 15) is 0 Å². The number of hydrogen-bond acceptors (Lipinski definition) is 1. The molecule has 1 N–H and O–H groups in total. The van der Waals surface area contributed by atoms with Crippen LogP contribution in [0.5, 0.6) is 0 Å². The summed E-state index contributed by atoms with van der Waals surface area (Å²) in [5.74, 6) is 3.87. The van der Waals surface area contributed by atoms with E-state index in [1.165, 1.54) is 76.3 Å². The van der Waals surface area contributed by atoms with Gasteiger partial charge < -0.3 is 5.32 Å². The molecule has 0 saturated heterocycles. The third kappa shape index (κ3) is 3.42. The van der Waals surface area contributed by atoms with Gasteiger partial charge in [0.05, 0.1) is 0 Å². The quantitative estimate of drug-likeness (QED) is 0.415. The van der Waals surface area contributed by atoms with Crippen LogP contribution in [-0.2, 0) is 6.54 Å². The van der Waals surface area contributed by atoms with Crippen molar-refractivity contribution in [3.8, 4) is 0 Å². The lowest BCUT2D eigenvalue weighted by Gasteiger charge is -2.57. The molecule has 6 atom stereocenters. The van der Waals surface area contributed by atoms with Gasteiger partial charge in [0.25, 0.3) is 0 Å². The van der Waals surface area contributed by atoms with Crippen molar-refractivity contribution in [2.24, 2.45) is 34.5 Å². The maximum Gasteiger partial charge on any atom is 0.0205 e. The molecule has 3 saturated carbocycles. The minimum Gasteiger partial charge on any atom is -0.313 e. The number of nitrogens with one attached hydrogen (secondary N) is 1. The second kappa shape index (κ2) is 7.88. The van der Waals surface area contributed by atoms with E-state index in [0.29, 0.717) is 10.8 Å². The highest BCUT2D eigenvalue weighted by molar-refractivity contribution is 5.24. The summed E-state index contributed by atoms with van der Waals surface area (Å²) in [5.41, 5.74) is 4.42. The van der Waals surface area contributed by atoms with E-state index >= 15 is 0 Å². The zero-order chi connectivity index (χ0) is 19.9. The second-order valence-corrected chi connectivity index (χ2v) is 11.2. The standard InChI is InChI=1S/C28H41N/c1-27-17-7-6-10-22(27)11-13-24-25-14-12-23(28(25,2)18-15-26(24)27)16-19-29-20-21-8-4-3-5-9-21/h3-5,8-9,11,23-26,29H,6-7,10,12-20H2,1-2H3/t23-,24+,25+,26+,27+,28-/m1/s1. The zero-order valence-electron chi connectivity index (χ0n) is 18.8. The lowest BCUT2D eigenvalue weighted by Crippen LogP contribution is -2.49. The molecule has 158 valence electrons. The van der Waals surface area contributed by atoms with Crippen LogP contribution in [0.3, 0.4) is 0 Å². The van der Waals surface area contributed by atoms with Gasteiger partial charge in [-0.15, -0.1) is 0 Å². The summed E-state index contributed by atoms with van der Waals surface area (Å²) in [6.45, 7) is 7.53. The number of benzene rings is 1. The fraction of sp³-hybridized carbons (Fsp3) is 0.714. The van der Waals surface area contributed by atoms with Crippen LogP contribution in [-0.4, -0.2) is 6.54 Å². The van der Waals surface area contributed by atoms with Crippen molar-refractivity contribution in [3.05, 3.63) is 47.5 Å². The molecule has 1 aromatic rings. The number of fused-ring (bicyclic) bond motifs is 5. The summed E-state index contributed by atoms with van der Waals surface area (Å²) >= 11 is 0. The Balaban J connectivity index is 1.23. The molecule has 3 fully saturated rings. The van der Waals surface area contributed by atoms with Gasteiger partial charge in [-0.2, -0.15) is 0 Å². The minimum absolute atomic E-state index is 0.553. The number of allylic oxidation sites excluding steroid dienone is 2. The van der Waals surface area contributed by atoms with Gasteiger partial charge in [0.1, 0.15) is 0 Å². The minimum atomic E-state index is 0.553. The van der Waals surface area contributed by atoms with E-state index < -0.39 is 0 Å². The first-order valence-electron chi connectivity index (χ1n) is 12.6. The smallest absolute Gasteiger partial charge is 0.0205 e. The van der Waals surface area contributed by atoms with Crippen molar-refractivity contribution in [1.82, 2.24) is 5.32 Å². The maximum atomic E-state index is 3.73. The van der Waals surface area contributed by atoms with Gasteiger partial charge in [-0.05, 0) is 104 Å². The van der Waals surface area contributed by atoms with Crippen LogP contribution >= 0.6 is 0 Å². The first kappa shape index (κ1) is 19.9. The molecule has 0 amide bonds. The third-order valence-corrected chi connectivity index (χ3v) is 10.1. The average Bonchev–Trinajstić information content (AvgIpc) is 3.08. The Labute approximate surface area is 178 Å². The molecule has 1 heteroatoms. The molecule has 0 radical (unpaired) electrons. The molecule has 5 rings (SSSR count). The van der Waals surface area contributed by atoms with Crippen molar-refractivity contribution < 1.29 is 0 Å². The summed E-state index contributed by atoms with van der Waals surface area (Å²) < 4.78 is 0. The SMILES string of the molecule is C[C@]12CC[C@H]3[C@@H](CC=C4CCCC[C@@]43C)[C@@H]1CC[C@@H]2CCNCc1ccccc1. The van der Waals surface area contributed by atoms with E-state index in [2.05, 4.69) is 55.6 Å². The number of rotatable bonds is 5. The Kier molecular flexibility index (Phi) is 5.39. The molecule has 0 heterocycles. The first-order chi connectivity index (χ1) is 14.1.